The van der Waals surface area contributed by atoms with Crippen LogP contribution in [0.3, 0.4) is 0 Å². The van der Waals surface area contributed by atoms with E-state index in [0.717, 1.165) is 15.6 Å². The molecule has 2 rings (SSSR count). The lowest BCUT2D eigenvalue weighted by atomic mass is 10.2. The molecule has 0 spiro atoms. The number of nitrogens with one attached hydrogen (secondary N) is 3. The number of anilines is 2. The van der Waals surface area contributed by atoms with Crippen molar-refractivity contribution in [2.24, 2.45) is 0 Å². The van der Waals surface area contributed by atoms with E-state index in [1.807, 2.05) is 37.3 Å². The van der Waals surface area contributed by atoms with Gasteiger partial charge in [0.05, 0.1) is 22.8 Å². The minimum absolute atomic E-state index is 0.0384. The van der Waals surface area contributed by atoms with Crippen LogP contribution in [0.25, 0.3) is 0 Å². The molecule has 0 unspecified atom stereocenters. The molecule has 0 radical (unpaired) electrons. The minimum atomic E-state index is -3.55. The predicted molar refractivity (Wildman–Crippen MR) is 108 cm³/mol. The summed E-state index contributed by atoms with van der Waals surface area (Å²) in [5, 5.41) is 9.03. The van der Waals surface area contributed by atoms with Crippen LogP contribution in [0, 0.1) is 0 Å². The summed E-state index contributed by atoms with van der Waals surface area (Å²) in [5.41, 5.74) is 2.32. The molecular formula is C19H26N4O3S. The number of sulfonamides is 1. The lowest BCUT2D eigenvalue weighted by molar-refractivity contribution is -0.119. The Labute approximate surface area is 160 Å². The lowest BCUT2D eigenvalue weighted by Gasteiger charge is -2.17. The summed E-state index contributed by atoms with van der Waals surface area (Å²) in [6.45, 7) is 3.10. The van der Waals surface area contributed by atoms with Crippen LogP contribution >= 0.6 is 0 Å². The molecular weight excluding hydrogens is 364 g/mol. The molecule has 27 heavy (non-hydrogen) atoms. The number of carbonyl (C=O) groups is 1. The predicted octanol–water partition coefficient (Wildman–Crippen LogP) is 2.10. The van der Waals surface area contributed by atoms with Crippen LogP contribution in [-0.2, 0) is 21.4 Å². The van der Waals surface area contributed by atoms with E-state index < -0.39 is 10.0 Å². The molecule has 1 amide bonds. The topological polar surface area (TPSA) is 90.5 Å². The first-order valence-corrected chi connectivity index (χ1v) is 10.1. The largest absolute Gasteiger partial charge is 0.384 e. The van der Waals surface area contributed by atoms with Crippen molar-refractivity contribution in [2.75, 3.05) is 37.8 Å². The second-order valence-corrected chi connectivity index (χ2v) is 8.29. The van der Waals surface area contributed by atoms with Crippen LogP contribution in [0.2, 0.25) is 0 Å². The van der Waals surface area contributed by atoms with Gasteiger partial charge < -0.3 is 16.0 Å². The Morgan fingerprint density at radius 2 is 1.70 bits per heavy atom. The summed E-state index contributed by atoms with van der Waals surface area (Å²) in [6, 6.07) is 14.4. The highest BCUT2D eigenvalue weighted by molar-refractivity contribution is 7.89. The van der Waals surface area contributed by atoms with Gasteiger partial charge in [0.25, 0.3) is 0 Å². The van der Waals surface area contributed by atoms with E-state index >= 15 is 0 Å². The highest BCUT2D eigenvalue weighted by Crippen LogP contribution is 2.26. The quantitative estimate of drug-likeness (QED) is 0.610. The van der Waals surface area contributed by atoms with Gasteiger partial charge in [-0.25, -0.2) is 12.7 Å². The standard InChI is InChI=1S/C19H26N4O3S/c1-4-20-17-11-10-16(27(25,26)23(2)3)12-18(17)21-14-19(24)22-13-15-8-6-5-7-9-15/h5-12,20-21H,4,13-14H2,1-3H3,(H,22,24). The van der Waals surface area contributed by atoms with Gasteiger partial charge in [-0.1, -0.05) is 30.3 Å². The zero-order valence-corrected chi connectivity index (χ0v) is 16.6. The fourth-order valence-corrected chi connectivity index (χ4v) is 3.35. The number of nitrogens with zero attached hydrogens (tertiary/aromatic N) is 1. The first-order chi connectivity index (χ1) is 12.8. The number of amides is 1. The summed E-state index contributed by atoms with van der Waals surface area (Å²) in [6.07, 6.45) is 0. The molecule has 0 aliphatic heterocycles. The minimum Gasteiger partial charge on any atom is -0.384 e. The van der Waals surface area contributed by atoms with Crippen molar-refractivity contribution >= 4 is 27.3 Å². The molecule has 146 valence electrons. The van der Waals surface area contributed by atoms with E-state index in [1.54, 1.807) is 12.1 Å². The molecule has 0 fully saturated rings. The van der Waals surface area contributed by atoms with Crippen LogP contribution in [0.15, 0.2) is 53.4 Å². The third kappa shape index (κ3) is 5.70. The van der Waals surface area contributed by atoms with Gasteiger partial charge in [0.15, 0.2) is 0 Å². The first kappa shape index (κ1) is 20.7. The van der Waals surface area contributed by atoms with E-state index in [2.05, 4.69) is 16.0 Å². The first-order valence-electron chi connectivity index (χ1n) is 8.69. The van der Waals surface area contributed by atoms with Gasteiger partial charge in [0.2, 0.25) is 15.9 Å². The molecule has 0 aliphatic carbocycles. The van der Waals surface area contributed by atoms with Crippen LogP contribution in [0.4, 0.5) is 11.4 Å². The number of hydrogen-bond donors (Lipinski definition) is 3. The van der Waals surface area contributed by atoms with Gasteiger partial charge in [-0.15, -0.1) is 0 Å². The molecule has 8 heteroatoms. The molecule has 0 bridgehead atoms. The number of rotatable bonds is 9. The van der Waals surface area contributed by atoms with Crippen LogP contribution in [0.1, 0.15) is 12.5 Å². The Hall–Kier alpha value is -2.58. The van der Waals surface area contributed by atoms with E-state index in [1.165, 1.54) is 20.2 Å². The van der Waals surface area contributed by atoms with Gasteiger partial charge in [0.1, 0.15) is 0 Å². The third-order valence-electron chi connectivity index (χ3n) is 3.91. The maximum absolute atomic E-state index is 12.3. The van der Waals surface area contributed by atoms with E-state index in [9.17, 15) is 13.2 Å². The molecule has 7 nitrogen and oxygen atoms in total. The summed E-state index contributed by atoms with van der Waals surface area (Å²) in [5.74, 6) is -0.179. The van der Waals surface area contributed by atoms with Crippen LogP contribution in [-0.4, -0.2) is 45.8 Å². The van der Waals surface area contributed by atoms with Crippen molar-refractivity contribution in [3.8, 4) is 0 Å². The van der Waals surface area contributed by atoms with E-state index in [-0.39, 0.29) is 17.3 Å². The highest BCUT2D eigenvalue weighted by Gasteiger charge is 2.19. The Morgan fingerprint density at radius 3 is 2.33 bits per heavy atom. The van der Waals surface area contributed by atoms with Crippen LogP contribution < -0.4 is 16.0 Å². The average molecular weight is 391 g/mol. The molecule has 0 aromatic heterocycles. The smallest absolute Gasteiger partial charge is 0.242 e. The molecule has 0 aliphatic rings. The SMILES string of the molecule is CCNc1ccc(S(=O)(=O)N(C)C)cc1NCC(=O)NCc1ccccc1. The normalized spacial score (nSPS) is 11.3. The summed E-state index contributed by atoms with van der Waals surface area (Å²) in [7, 11) is -0.583. The number of hydrogen-bond acceptors (Lipinski definition) is 5. The molecule has 0 saturated carbocycles. The molecule has 3 N–H and O–H groups in total. The fraction of sp³-hybridized carbons (Fsp3) is 0.316. The molecule has 2 aromatic carbocycles. The number of carbonyl (C=O) groups excluding carboxylic acids is 1. The molecule has 2 aromatic rings. The van der Waals surface area contributed by atoms with Crippen molar-refractivity contribution in [2.45, 2.75) is 18.4 Å². The van der Waals surface area contributed by atoms with E-state index in [0.29, 0.717) is 18.8 Å². The molecule has 0 atom stereocenters. The Morgan fingerprint density at radius 1 is 1.00 bits per heavy atom. The highest BCUT2D eigenvalue weighted by atomic mass is 32.2. The Balaban J connectivity index is 2.07. The van der Waals surface area contributed by atoms with Gasteiger partial charge in [0, 0.05) is 27.2 Å². The Kier molecular flexibility index (Phi) is 7.20. The van der Waals surface area contributed by atoms with Gasteiger partial charge in [-0.3, -0.25) is 4.79 Å². The molecule has 0 saturated heterocycles. The number of benzene rings is 2. The monoisotopic (exact) mass is 390 g/mol. The fourth-order valence-electron chi connectivity index (χ4n) is 2.42. The van der Waals surface area contributed by atoms with Gasteiger partial charge in [-0.05, 0) is 30.7 Å². The summed E-state index contributed by atoms with van der Waals surface area (Å²) < 4.78 is 25.9. The van der Waals surface area contributed by atoms with Crippen molar-refractivity contribution in [3.63, 3.8) is 0 Å². The summed E-state index contributed by atoms with van der Waals surface area (Å²) >= 11 is 0. The Bertz CT molecular complexity index is 868. The summed E-state index contributed by atoms with van der Waals surface area (Å²) in [4.78, 5) is 12.3. The molecule has 0 heterocycles. The lowest BCUT2D eigenvalue weighted by Crippen LogP contribution is -2.29. The van der Waals surface area contributed by atoms with Crippen molar-refractivity contribution in [1.82, 2.24) is 9.62 Å². The zero-order chi connectivity index (χ0) is 19.9. The van der Waals surface area contributed by atoms with E-state index in [4.69, 9.17) is 0 Å². The third-order valence-corrected chi connectivity index (χ3v) is 5.72. The van der Waals surface area contributed by atoms with Crippen molar-refractivity contribution in [3.05, 3.63) is 54.1 Å². The second-order valence-electron chi connectivity index (χ2n) is 6.14. The van der Waals surface area contributed by atoms with Gasteiger partial charge >= 0.3 is 0 Å². The zero-order valence-electron chi connectivity index (χ0n) is 15.8. The maximum Gasteiger partial charge on any atom is 0.242 e. The van der Waals surface area contributed by atoms with Crippen LogP contribution in [0.5, 0.6) is 0 Å². The van der Waals surface area contributed by atoms with Crippen molar-refractivity contribution < 1.29 is 13.2 Å². The van der Waals surface area contributed by atoms with Crippen molar-refractivity contribution in [1.29, 1.82) is 0 Å². The second kappa shape index (κ2) is 9.38. The average Bonchev–Trinajstić information content (AvgIpc) is 2.66. The maximum atomic E-state index is 12.3. The van der Waals surface area contributed by atoms with Gasteiger partial charge in [-0.2, -0.15) is 0 Å².